The van der Waals surface area contributed by atoms with E-state index in [0.29, 0.717) is 10.9 Å². The highest BCUT2D eigenvalue weighted by Gasteiger charge is 2.13. The van der Waals surface area contributed by atoms with Crippen LogP contribution in [-0.2, 0) is 0 Å². The van der Waals surface area contributed by atoms with E-state index >= 15 is 0 Å². The monoisotopic (exact) mass is 333 g/mol. The van der Waals surface area contributed by atoms with E-state index in [4.69, 9.17) is 0 Å². The van der Waals surface area contributed by atoms with Gasteiger partial charge in [-0.25, -0.2) is 13.2 Å². The number of benzene rings is 2. The Kier molecular flexibility index (Phi) is 4.16. The molecule has 0 fully saturated rings. The number of amides is 1. The third-order valence-electron chi connectivity index (χ3n) is 3.14. The minimum atomic E-state index is -0.839. The summed E-state index contributed by atoms with van der Waals surface area (Å²) in [7, 11) is 0. The van der Waals surface area contributed by atoms with E-state index in [2.05, 4.69) is 5.32 Å². The van der Waals surface area contributed by atoms with Crippen LogP contribution in [0.5, 0.6) is 0 Å². The first-order valence-electron chi connectivity index (χ1n) is 6.65. The molecule has 6 heteroatoms. The number of hydrogen-bond acceptors (Lipinski definition) is 2. The van der Waals surface area contributed by atoms with Crippen LogP contribution in [0.4, 0.5) is 18.9 Å². The van der Waals surface area contributed by atoms with Crippen molar-refractivity contribution in [1.29, 1.82) is 0 Å². The second-order valence-electron chi connectivity index (χ2n) is 4.75. The fourth-order valence-corrected chi connectivity index (χ4v) is 2.91. The number of halogens is 3. The molecule has 0 radical (unpaired) electrons. The molecule has 0 atom stereocenters. The Bertz CT molecular complexity index is 859. The standard InChI is InChI=1S/C17H10F3NOS/c18-11-3-1-10(2-4-11)15-7-8-16(23-15)17(22)21-14-6-5-12(19)9-13(14)20/h1-9H,(H,21,22). The van der Waals surface area contributed by atoms with E-state index in [9.17, 15) is 18.0 Å². The van der Waals surface area contributed by atoms with Crippen LogP contribution in [-0.4, -0.2) is 5.91 Å². The highest BCUT2D eigenvalue weighted by atomic mass is 32.1. The molecule has 23 heavy (non-hydrogen) atoms. The quantitative estimate of drug-likeness (QED) is 0.711. The summed E-state index contributed by atoms with van der Waals surface area (Å²) in [6.45, 7) is 0. The molecule has 0 aliphatic heterocycles. The predicted molar refractivity (Wildman–Crippen MR) is 84.0 cm³/mol. The molecular weight excluding hydrogens is 323 g/mol. The molecule has 0 saturated carbocycles. The second-order valence-corrected chi connectivity index (χ2v) is 5.83. The van der Waals surface area contributed by atoms with Crippen molar-refractivity contribution < 1.29 is 18.0 Å². The summed E-state index contributed by atoms with van der Waals surface area (Å²) in [4.78, 5) is 13.3. The molecule has 116 valence electrons. The van der Waals surface area contributed by atoms with Gasteiger partial charge < -0.3 is 5.32 Å². The Morgan fingerprint density at radius 2 is 1.57 bits per heavy atom. The molecular formula is C17H10F3NOS. The van der Waals surface area contributed by atoms with Gasteiger partial charge in [0.05, 0.1) is 10.6 Å². The van der Waals surface area contributed by atoms with Crippen molar-refractivity contribution in [2.24, 2.45) is 0 Å². The maximum absolute atomic E-state index is 13.5. The van der Waals surface area contributed by atoms with Gasteiger partial charge in [0.2, 0.25) is 0 Å². The van der Waals surface area contributed by atoms with Crippen LogP contribution in [0.3, 0.4) is 0 Å². The summed E-state index contributed by atoms with van der Waals surface area (Å²) >= 11 is 1.20. The normalized spacial score (nSPS) is 10.6. The van der Waals surface area contributed by atoms with E-state index in [0.717, 1.165) is 22.6 Å². The number of anilines is 1. The van der Waals surface area contributed by atoms with Crippen LogP contribution in [0.15, 0.2) is 54.6 Å². The summed E-state index contributed by atoms with van der Waals surface area (Å²) in [5.41, 5.74) is 0.691. The van der Waals surface area contributed by atoms with Gasteiger partial charge >= 0.3 is 0 Å². The molecule has 0 spiro atoms. The number of nitrogens with one attached hydrogen (secondary N) is 1. The molecule has 3 rings (SSSR count). The first-order chi connectivity index (χ1) is 11.0. The van der Waals surface area contributed by atoms with Crippen molar-refractivity contribution in [3.05, 3.63) is 76.9 Å². The third kappa shape index (κ3) is 3.43. The van der Waals surface area contributed by atoms with Gasteiger partial charge in [-0.05, 0) is 42.0 Å². The molecule has 0 aliphatic carbocycles. The van der Waals surface area contributed by atoms with Crippen LogP contribution in [0.25, 0.3) is 10.4 Å². The van der Waals surface area contributed by atoms with Crippen molar-refractivity contribution in [3.8, 4) is 10.4 Å². The van der Waals surface area contributed by atoms with E-state index in [1.54, 1.807) is 24.3 Å². The predicted octanol–water partition coefficient (Wildman–Crippen LogP) is 5.08. The largest absolute Gasteiger partial charge is 0.319 e. The Labute approximate surface area is 134 Å². The summed E-state index contributed by atoms with van der Waals surface area (Å²) in [6, 6.07) is 12.2. The van der Waals surface area contributed by atoms with E-state index in [1.807, 2.05) is 0 Å². The molecule has 0 saturated heterocycles. The molecule has 3 aromatic rings. The lowest BCUT2D eigenvalue weighted by atomic mass is 10.2. The number of thiophene rings is 1. The molecule has 1 aromatic heterocycles. The number of carbonyl (C=O) groups excluding carboxylic acids is 1. The van der Waals surface area contributed by atoms with Crippen molar-refractivity contribution >= 4 is 22.9 Å². The fraction of sp³-hybridized carbons (Fsp3) is 0. The van der Waals surface area contributed by atoms with Crippen LogP contribution in [0.2, 0.25) is 0 Å². The van der Waals surface area contributed by atoms with Gasteiger partial charge in [0.15, 0.2) is 0 Å². The summed E-state index contributed by atoms with van der Waals surface area (Å²) in [5, 5.41) is 2.40. The molecule has 1 N–H and O–H groups in total. The van der Waals surface area contributed by atoms with Crippen LogP contribution in [0.1, 0.15) is 9.67 Å². The average Bonchev–Trinajstić information content (AvgIpc) is 3.01. The van der Waals surface area contributed by atoms with Crippen molar-refractivity contribution in [2.75, 3.05) is 5.32 Å². The highest BCUT2D eigenvalue weighted by Crippen LogP contribution is 2.29. The van der Waals surface area contributed by atoms with E-state index in [1.165, 1.54) is 23.5 Å². The zero-order valence-electron chi connectivity index (χ0n) is 11.6. The zero-order valence-corrected chi connectivity index (χ0v) is 12.5. The van der Waals surface area contributed by atoms with Crippen molar-refractivity contribution in [3.63, 3.8) is 0 Å². The minimum Gasteiger partial charge on any atom is -0.319 e. The third-order valence-corrected chi connectivity index (χ3v) is 4.27. The number of rotatable bonds is 3. The molecule has 2 nitrogen and oxygen atoms in total. The summed E-state index contributed by atoms with van der Waals surface area (Å²) < 4.78 is 39.3. The van der Waals surface area contributed by atoms with Crippen LogP contribution >= 0.6 is 11.3 Å². The molecule has 1 amide bonds. The molecule has 1 heterocycles. The zero-order chi connectivity index (χ0) is 16.4. The lowest BCUT2D eigenvalue weighted by molar-refractivity contribution is 0.103. The van der Waals surface area contributed by atoms with Gasteiger partial charge in [-0.3, -0.25) is 4.79 Å². The van der Waals surface area contributed by atoms with Gasteiger partial charge in [0, 0.05) is 10.9 Å². The Morgan fingerprint density at radius 3 is 2.26 bits per heavy atom. The van der Waals surface area contributed by atoms with Crippen molar-refractivity contribution in [1.82, 2.24) is 0 Å². The Balaban J connectivity index is 1.79. The van der Waals surface area contributed by atoms with Gasteiger partial charge in [-0.2, -0.15) is 0 Å². The number of hydrogen-bond donors (Lipinski definition) is 1. The molecule has 2 aromatic carbocycles. The Hall–Kier alpha value is -2.60. The molecule has 0 bridgehead atoms. The van der Waals surface area contributed by atoms with Crippen molar-refractivity contribution in [2.45, 2.75) is 0 Å². The Morgan fingerprint density at radius 1 is 0.870 bits per heavy atom. The van der Waals surface area contributed by atoms with Gasteiger partial charge in [0.25, 0.3) is 5.91 Å². The maximum Gasteiger partial charge on any atom is 0.265 e. The lowest BCUT2D eigenvalue weighted by Gasteiger charge is -2.04. The fourth-order valence-electron chi connectivity index (χ4n) is 2.00. The first kappa shape index (κ1) is 15.3. The first-order valence-corrected chi connectivity index (χ1v) is 7.47. The minimum absolute atomic E-state index is 0.0897. The lowest BCUT2D eigenvalue weighted by Crippen LogP contribution is -2.11. The molecule has 0 unspecified atom stereocenters. The maximum atomic E-state index is 13.5. The van der Waals surface area contributed by atoms with E-state index in [-0.39, 0.29) is 11.5 Å². The SMILES string of the molecule is O=C(Nc1ccc(F)cc1F)c1ccc(-c2ccc(F)cc2)s1. The van der Waals surface area contributed by atoms with Gasteiger partial charge in [-0.15, -0.1) is 11.3 Å². The van der Waals surface area contributed by atoms with Gasteiger partial charge in [0.1, 0.15) is 17.5 Å². The number of carbonyl (C=O) groups is 1. The highest BCUT2D eigenvalue weighted by molar-refractivity contribution is 7.17. The smallest absolute Gasteiger partial charge is 0.265 e. The summed E-state index contributed by atoms with van der Waals surface area (Å²) in [6.07, 6.45) is 0. The van der Waals surface area contributed by atoms with Gasteiger partial charge in [-0.1, -0.05) is 12.1 Å². The van der Waals surface area contributed by atoms with Crippen LogP contribution < -0.4 is 5.32 Å². The summed E-state index contributed by atoms with van der Waals surface area (Å²) in [5.74, 6) is -2.38. The second kappa shape index (κ2) is 6.26. The average molecular weight is 333 g/mol. The van der Waals surface area contributed by atoms with Crippen LogP contribution in [0, 0.1) is 17.5 Å². The molecule has 0 aliphatic rings. The van der Waals surface area contributed by atoms with E-state index < -0.39 is 17.5 Å². The topological polar surface area (TPSA) is 29.1 Å².